The minimum atomic E-state index is -0.509. The highest BCUT2D eigenvalue weighted by Crippen LogP contribution is 2.32. The van der Waals surface area contributed by atoms with Crippen molar-refractivity contribution in [1.29, 1.82) is 0 Å². The Morgan fingerprint density at radius 1 is 0.667 bits per heavy atom. The molecule has 0 saturated carbocycles. The van der Waals surface area contributed by atoms with Crippen molar-refractivity contribution in [3.63, 3.8) is 0 Å². The molecule has 0 spiro atoms. The summed E-state index contributed by atoms with van der Waals surface area (Å²) in [6, 6.07) is 24.4. The molecule has 3 aromatic carbocycles. The molecule has 0 saturated heterocycles. The molecule has 0 radical (unpaired) electrons. The van der Waals surface area contributed by atoms with E-state index in [1.807, 2.05) is 91.9 Å². The van der Waals surface area contributed by atoms with Gasteiger partial charge in [-0.25, -0.2) is 19.3 Å². The van der Waals surface area contributed by atoms with Crippen LogP contribution in [0.1, 0.15) is 12.5 Å². The van der Waals surface area contributed by atoms with Gasteiger partial charge in [-0.3, -0.25) is 4.99 Å². The van der Waals surface area contributed by atoms with E-state index in [0.29, 0.717) is 23.0 Å². The number of aromatic nitrogens is 3. The van der Waals surface area contributed by atoms with Crippen LogP contribution >= 0.6 is 0 Å². The van der Waals surface area contributed by atoms with Crippen LogP contribution in [-0.4, -0.2) is 21.2 Å². The van der Waals surface area contributed by atoms with Gasteiger partial charge in [0.1, 0.15) is 5.82 Å². The first-order chi connectivity index (χ1) is 16.1. The van der Waals surface area contributed by atoms with Gasteiger partial charge in [0, 0.05) is 34.5 Å². The fraction of sp³-hybridized carbons (Fsp3) is 0.0714. The zero-order valence-corrected chi connectivity index (χ0v) is 18.1. The second-order valence-electron chi connectivity index (χ2n) is 8.02. The number of allylic oxidation sites excluding steroid dienone is 3. The quantitative estimate of drug-likeness (QED) is 0.374. The fourth-order valence-corrected chi connectivity index (χ4v) is 3.76. The summed E-state index contributed by atoms with van der Waals surface area (Å²) in [7, 11) is 0. The standard InChI is InChI=1S/C28H21FN4/c1-28(13-8-15-30-16-14-28)23-17-22(18-24(29)19-23)27-32-25(20-9-4-2-5-10-20)31-26(33-27)21-11-6-3-7-12-21/h2-19H,1H3. The lowest BCUT2D eigenvalue weighted by Gasteiger charge is -2.22. The summed E-state index contributed by atoms with van der Waals surface area (Å²) in [6.45, 7) is 2.02. The Bertz CT molecular complexity index is 1300. The highest BCUT2D eigenvalue weighted by molar-refractivity contribution is 5.73. The minimum absolute atomic E-state index is 0.348. The van der Waals surface area contributed by atoms with Crippen molar-refractivity contribution in [3.05, 3.63) is 115 Å². The number of benzene rings is 3. The number of nitrogens with zero attached hydrogens (tertiary/aromatic N) is 4. The average Bonchev–Trinajstić information content (AvgIpc) is 3.10. The van der Waals surface area contributed by atoms with Gasteiger partial charge in [-0.15, -0.1) is 0 Å². The third kappa shape index (κ3) is 4.39. The van der Waals surface area contributed by atoms with Gasteiger partial charge in [0.2, 0.25) is 0 Å². The molecule has 1 unspecified atom stereocenters. The zero-order chi connectivity index (χ0) is 22.7. The fourth-order valence-electron chi connectivity index (χ4n) is 3.76. The monoisotopic (exact) mass is 432 g/mol. The van der Waals surface area contributed by atoms with Crippen molar-refractivity contribution in [2.24, 2.45) is 4.99 Å². The van der Waals surface area contributed by atoms with E-state index in [9.17, 15) is 4.39 Å². The lowest BCUT2D eigenvalue weighted by Crippen LogP contribution is -2.16. The van der Waals surface area contributed by atoms with Crippen LogP contribution in [-0.2, 0) is 5.41 Å². The molecule has 1 aliphatic rings. The lowest BCUT2D eigenvalue weighted by atomic mass is 9.81. The maximum Gasteiger partial charge on any atom is 0.164 e. The third-order valence-corrected chi connectivity index (χ3v) is 5.60. The first kappa shape index (κ1) is 20.6. The van der Waals surface area contributed by atoms with Gasteiger partial charge < -0.3 is 0 Å². The summed E-state index contributed by atoms with van der Waals surface area (Å²) in [5.74, 6) is 1.15. The highest BCUT2D eigenvalue weighted by atomic mass is 19.1. The van der Waals surface area contributed by atoms with E-state index in [1.54, 1.807) is 18.5 Å². The summed E-state index contributed by atoms with van der Waals surface area (Å²) in [5, 5.41) is 0. The normalized spacial score (nSPS) is 17.2. The molecule has 0 aliphatic carbocycles. The van der Waals surface area contributed by atoms with Crippen LogP contribution < -0.4 is 0 Å². The van der Waals surface area contributed by atoms with E-state index >= 15 is 0 Å². The predicted molar refractivity (Wildman–Crippen MR) is 130 cm³/mol. The molecule has 0 N–H and O–H groups in total. The minimum Gasteiger partial charge on any atom is -0.265 e. The zero-order valence-electron chi connectivity index (χ0n) is 18.1. The van der Waals surface area contributed by atoms with Crippen LogP contribution in [0.2, 0.25) is 0 Å². The smallest absolute Gasteiger partial charge is 0.164 e. The van der Waals surface area contributed by atoms with E-state index < -0.39 is 5.41 Å². The van der Waals surface area contributed by atoms with Gasteiger partial charge in [0.25, 0.3) is 0 Å². The van der Waals surface area contributed by atoms with Gasteiger partial charge in [-0.05, 0) is 36.8 Å². The summed E-state index contributed by atoms with van der Waals surface area (Å²) < 4.78 is 14.8. The molecule has 0 fully saturated rings. The first-order valence-corrected chi connectivity index (χ1v) is 10.7. The molecule has 5 rings (SSSR count). The lowest BCUT2D eigenvalue weighted by molar-refractivity contribution is 0.620. The van der Waals surface area contributed by atoms with Crippen molar-refractivity contribution in [2.75, 3.05) is 0 Å². The largest absolute Gasteiger partial charge is 0.265 e. The van der Waals surface area contributed by atoms with Crippen LogP contribution in [0.3, 0.4) is 0 Å². The topological polar surface area (TPSA) is 51.0 Å². The van der Waals surface area contributed by atoms with Crippen molar-refractivity contribution in [3.8, 4) is 34.2 Å². The number of halogens is 1. The Morgan fingerprint density at radius 2 is 1.24 bits per heavy atom. The summed E-state index contributed by atoms with van der Waals surface area (Å²) in [5.41, 5.74) is 2.61. The molecule has 33 heavy (non-hydrogen) atoms. The third-order valence-electron chi connectivity index (χ3n) is 5.60. The van der Waals surface area contributed by atoms with Gasteiger partial charge in [0.05, 0.1) is 0 Å². The van der Waals surface area contributed by atoms with Gasteiger partial charge in [0.15, 0.2) is 17.5 Å². The Morgan fingerprint density at radius 3 is 1.85 bits per heavy atom. The number of hydrogen-bond acceptors (Lipinski definition) is 4. The SMILES string of the molecule is CC1(c2cc(F)cc(-c3nc(-c4ccccc4)nc(-c4ccccc4)n3)c2)C=CC=NC=C1. The molecule has 1 atom stereocenters. The van der Waals surface area contributed by atoms with Gasteiger partial charge >= 0.3 is 0 Å². The molecule has 160 valence electrons. The van der Waals surface area contributed by atoms with Crippen molar-refractivity contribution in [1.82, 2.24) is 15.0 Å². The van der Waals surface area contributed by atoms with E-state index in [4.69, 9.17) is 15.0 Å². The second-order valence-corrected chi connectivity index (χ2v) is 8.02. The molecule has 5 heteroatoms. The Kier molecular flexibility index (Phi) is 5.45. The number of aliphatic imine (C=N–C) groups is 1. The first-order valence-electron chi connectivity index (χ1n) is 10.7. The maximum atomic E-state index is 14.8. The molecule has 0 bridgehead atoms. The van der Waals surface area contributed by atoms with E-state index in [0.717, 1.165) is 16.7 Å². The van der Waals surface area contributed by atoms with Crippen molar-refractivity contribution in [2.45, 2.75) is 12.3 Å². The molecule has 4 nitrogen and oxygen atoms in total. The Labute approximate surface area is 191 Å². The molecule has 1 aliphatic heterocycles. The van der Waals surface area contributed by atoms with Crippen LogP contribution in [0.4, 0.5) is 4.39 Å². The van der Waals surface area contributed by atoms with E-state index in [-0.39, 0.29) is 5.82 Å². The van der Waals surface area contributed by atoms with Crippen LogP contribution in [0, 0.1) is 5.82 Å². The second kappa shape index (κ2) is 8.71. The molecular weight excluding hydrogens is 411 g/mol. The van der Waals surface area contributed by atoms with Gasteiger partial charge in [-0.1, -0.05) is 72.8 Å². The van der Waals surface area contributed by atoms with Crippen molar-refractivity contribution < 1.29 is 4.39 Å². The molecule has 1 aromatic heterocycles. The van der Waals surface area contributed by atoms with Crippen LogP contribution in [0.15, 0.2) is 108 Å². The summed E-state index contributed by atoms with van der Waals surface area (Å²) in [6.07, 6.45) is 9.26. The van der Waals surface area contributed by atoms with Crippen LogP contribution in [0.25, 0.3) is 34.2 Å². The Hall–Kier alpha value is -4.25. The molecular formula is C28H21FN4. The summed E-state index contributed by atoms with van der Waals surface area (Å²) in [4.78, 5) is 18.3. The molecule has 2 heterocycles. The molecule has 4 aromatic rings. The van der Waals surface area contributed by atoms with Crippen molar-refractivity contribution >= 4 is 6.21 Å². The predicted octanol–water partition coefficient (Wildman–Crippen LogP) is 6.42. The Balaban J connectivity index is 1.68. The van der Waals surface area contributed by atoms with E-state index in [2.05, 4.69) is 4.99 Å². The highest BCUT2D eigenvalue weighted by Gasteiger charge is 2.23. The maximum absolute atomic E-state index is 14.8. The number of rotatable bonds is 4. The summed E-state index contributed by atoms with van der Waals surface area (Å²) >= 11 is 0. The average molecular weight is 433 g/mol. The van der Waals surface area contributed by atoms with E-state index in [1.165, 1.54) is 6.07 Å². The van der Waals surface area contributed by atoms with Crippen LogP contribution in [0.5, 0.6) is 0 Å². The molecule has 0 amide bonds. The number of hydrogen-bond donors (Lipinski definition) is 0. The van der Waals surface area contributed by atoms with Gasteiger partial charge in [-0.2, -0.15) is 0 Å².